The van der Waals surface area contributed by atoms with Crippen molar-refractivity contribution in [3.8, 4) is 0 Å². The summed E-state index contributed by atoms with van der Waals surface area (Å²) in [4.78, 5) is 60.3. The van der Waals surface area contributed by atoms with Crippen LogP contribution in [0.4, 0.5) is 11.4 Å². The first-order valence-electron chi connectivity index (χ1n) is 13.3. The monoisotopic (exact) mass is 564 g/mol. The zero-order chi connectivity index (χ0) is 29.1. The molecule has 216 valence electrons. The van der Waals surface area contributed by atoms with E-state index in [9.17, 15) is 24.3 Å². The minimum atomic E-state index is -1.78. The van der Waals surface area contributed by atoms with Crippen molar-refractivity contribution in [2.75, 3.05) is 63.3 Å². The minimum absolute atomic E-state index is 0.0718. The van der Waals surface area contributed by atoms with E-state index < -0.39 is 24.0 Å². The summed E-state index contributed by atoms with van der Waals surface area (Å²) in [6.07, 6.45) is -3.22. The van der Waals surface area contributed by atoms with Crippen LogP contribution in [0.25, 0.3) is 0 Å². The van der Waals surface area contributed by atoms with E-state index in [4.69, 9.17) is 15.2 Å². The standard InChI is InChI=1S/C28H32N6O7/c1-32(16-22(35)33-7-10-40-11-8-33)27(38)17-3-2-4-20(14-17)34-9-12-41-24(28(34)39)23(36)26(37)31-19-5-6-21-18(13-19)15-30-25(21)29/h2-6,13-14,23-24,36H,7-12,15-16H2,1H3,(H2,29,30)(H,31,37). The largest absolute Gasteiger partial charge is 0.383 e. The first-order chi connectivity index (χ1) is 19.7. The smallest absolute Gasteiger partial charge is 0.259 e. The fourth-order valence-corrected chi connectivity index (χ4v) is 4.96. The van der Waals surface area contributed by atoms with Crippen LogP contribution in [-0.2, 0) is 30.4 Å². The quantitative estimate of drug-likeness (QED) is 0.407. The van der Waals surface area contributed by atoms with E-state index in [1.807, 2.05) is 0 Å². The predicted octanol–water partition coefficient (Wildman–Crippen LogP) is -0.432. The fourth-order valence-electron chi connectivity index (χ4n) is 4.96. The molecule has 0 spiro atoms. The lowest BCUT2D eigenvalue weighted by atomic mass is 10.1. The van der Waals surface area contributed by atoms with Gasteiger partial charge in [-0.3, -0.25) is 24.2 Å². The van der Waals surface area contributed by atoms with Crippen LogP contribution in [0.3, 0.4) is 0 Å². The Morgan fingerprint density at radius 3 is 2.71 bits per heavy atom. The number of benzene rings is 2. The molecule has 5 rings (SSSR count). The van der Waals surface area contributed by atoms with Crippen LogP contribution in [0.1, 0.15) is 21.5 Å². The maximum Gasteiger partial charge on any atom is 0.259 e. The van der Waals surface area contributed by atoms with Gasteiger partial charge in [0.1, 0.15) is 5.84 Å². The summed E-state index contributed by atoms with van der Waals surface area (Å²) >= 11 is 0. The third-order valence-corrected chi connectivity index (χ3v) is 7.23. The molecular formula is C28H32N6O7. The molecule has 2 unspecified atom stereocenters. The number of ether oxygens (including phenoxy) is 2. The molecule has 0 aliphatic carbocycles. The second kappa shape index (κ2) is 12.0. The summed E-state index contributed by atoms with van der Waals surface area (Å²) in [6, 6.07) is 11.5. The van der Waals surface area contributed by atoms with Crippen LogP contribution in [0.15, 0.2) is 47.5 Å². The molecule has 2 saturated heterocycles. The molecule has 0 aromatic heterocycles. The molecule has 2 fully saturated rings. The number of amides is 4. The second-order valence-corrected chi connectivity index (χ2v) is 9.99. The number of likely N-dealkylation sites (N-methyl/N-ethyl adjacent to an activating group) is 1. The summed E-state index contributed by atoms with van der Waals surface area (Å²) in [5.41, 5.74) is 8.59. The number of nitrogens with one attached hydrogen (secondary N) is 1. The van der Waals surface area contributed by atoms with Gasteiger partial charge in [-0.05, 0) is 42.0 Å². The highest BCUT2D eigenvalue weighted by molar-refractivity contribution is 6.05. The van der Waals surface area contributed by atoms with Crippen LogP contribution >= 0.6 is 0 Å². The van der Waals surface area contributed by atoms with E-state index in [-0.39, 0.29) is 37.1 Å². The van der Waals surface area contributed by atoms with Gasteiger partial charge in [-0.2, -0.15) is 0 Å². The van der Waals surface area contributed by atoms with Gasteiger partial charge in [0, 0.05) is 49.2 Å². The first kappa shape index (κ1) is 28.2. The van der Waals surface area contributed by atoms with Crippen molar-refractivity contribution in [2.24, 2.45) is 10.7 Å². The van der Waals surface area contributed by atoms with Gasteiger partial charge in [0.05, 0.1) is 32.9 Å². The van der Waals surface area contributed by atoms with Gasteiger partial charge in [-0.1, -0.05) is 6.07 Å². The zero-order valence-electron chi connectivity index (χ0n) is 22.6. The lowest BCUT2D eigenvalue weighted by Crippen LogP contribution is -2.55. The van der Waals surface area contributed by atoms with Gasteiger partial charge in [0.25, 0.3) is 17.7 Å². The highest BCUT2D eigenvalue weighted by Gasteiger charge is 2.39. The summed E-state index contributed by atoms with van der Waals surface area (Å²) < 4.78 is 10.8. The molecule has 4 N–H and O–H groups in total. The highest BCUT2D eigenvalue weighted by Crippen LogP contribution is 2.24. The van der Waals surface area contributed by atoms with Crippen molar-refractivity contribution in [3.63, 3.8) is 0 Å². The number of aliphatic imine (C=N–C) groups is 1. The molecule has 2 aromatic carbocycles. The number of carbonyl (C=O) groups excluding carboxylic acids is 4. The lowest BCUT2D eigenvalue weighted by molar-refractivity contribution is -0.150. The normalized spacial score (nSPS) is 19.3. The summed E-state index contributed by atoms with van der Waals surface area (Å²) in [6.45, 7) is 2.45. The number of aliphatic hydroxyl groups excluding tert-OH is 1. The lowest BCUT2D eigenvalue weighted by Gasteiger charge is -2.34. The Labute approximate surface area is 236 Å². The third-order valence-electron chi connectivity index (χ3n) is 7.23. The molecule has 41 heavy (non-hydrogen) atoms. The van der Waals surface area contributed by atoms with E-state index in [1.165, 1.54) is 9.80 Å². The van der Waals surface area contributed by atoms with Crippen LogP contribution in [-0.4, -0.2) is 110 Å². The molecule has 0 bridgehead atoms. The number of nitrogens with two attached hydrogens (primary N) is 1. The minimum Gasteiger partial charge on any atom is -0.383 e. The number of amidine groups is 1. The highest BCUT2D eigenvalue weighted by atomic mass is 16.5. The molecule has 13 heteroatoms. The van der Waals surface area contributed by atoms with Gasteiger partial charge < -0.3 is 40.3 Å². The van der Waals surface area contributed by atoms with Crippen LogP contribution in [0, 0.1) is 0 Å². The van der Waals surface area contributed by atoms with Gasteiger partial charge in [0.2, 0.25) is 5.91 Å². The number of nitrogens with zero attached hydrogens (tertiary/aromatic N) is 4. The summed E-state index contributed by atoms with van der Waals surface area (Å²) in [5.74, 6) is -1.54. The molecule has 4 amide bonds. The molecule has 3 aliphatic heterocycles. The van der Waals surface area contributed by atoms with Crippen LogP contribution in [0.2, 0.25) is 0 Å². The van der Waals surface area contributed by atoms with Crippen molar-refractivity contribution >= 4 is 40.8 Å². The average Bonchev–Trinajstić information content (AvgIpc) is 3.36. The van der Waals surface area contributed by atoms with Gasteiger partial charge in [0.15, 0.2) is 12.2 Å². The van der Waals surface area contributed by atoms with Crippen LogP contribution < -0.4 is 16.0 Å². The summed E-state index contributed by atoms with van der Waals surface area (Å²) in [7, 11) is 1.54. The van der Waals surface area contributed by atoms with Gasteiger partial charge >= 0.3 is 0 Å². The number of anilines is 2. The van der Waals surface area contributed by atoms with Crippen molar-refractivity contribution in [1.29, 1.82) is 0 Å². The third kappa shape index (κ3) is 6.06. The fraction of sp³-hybridized carbons (Fsp3) is 0.393. The predicted molar refractivity (Wildman–Crippen MR) is 148 cm³/mol. The Bertz CT molecular complexity index is 1390. The Balaban J connectivity index is 1.23. The molecule has 0 radical (unpaired) electrons. The van der Waals surface area contributed by atoms with Gasteiger partial charge in [-0.25, -0.2) is 0 Å². The maximum absolute atomic E-state index is 13.3. The Kier molecular flexibility index (Phi) is 8.28. The number of carbonyl (C=O) groups is 4. The number of morpholine rings is 2. The number of hydrogen-bond acceptors (Lipinski definition) is 9. The second-order valence-electron chi connectivity index (χ2n) is 9.99. The molecule has 3 heterocycles. The Hall–Kier alpha value is -4.33. The van der Waals surface area contributed by atoms with Crippen molar-refractivity contribution in [3.05, 3.63) is 59.2 Å². The summed E-state index contributed by atoms with van der Waals surface area (Å²) in [5, 5.41) is 13.4. The van der Waals surface area contributed by atoms with Crippen molar-refractivity contribution in [2.45, 2.75) is 18.8 Å². The van der Waals surface area contributed by atoms with E-state index in [1.54, 1.807) is 54.4 Å². The topological polar surface area (TPSA) is 167 Å². The van der Waals surface area contributed by atoms with Crippen LogP contribution in [0.5, 0.6) is 0 Å². The Morgan fingerprint density at radius 2 is 1.93 bits per heavy atom. The molecule has 2 aromatic rings. The average molecular weight is 565 g/mol. The van der Waals surface area contributed by atoms with E-state index in [0.29, 0.717) is 50.1 Å². The van der Waals surface area contributed by atoms with E-state index in [2.05, 4.69) is 10.3 Å². The van der Waals surface area contributed by atoms with Crippen molar-refractivity contribution < 1.29 is 33.8 Å². The number of aliphatic hydroxyl groups is 1. The number of hydrogen-bond donors (Lipinski definition) is 3. The number of fused-ring (bicyclic) bond motifs is 1. The molecule has 0 saturated carbocycles. The van der Waals surface area contributed by atoms with Gasteiger partial charge in [-0.15, -0.1) is 0 Å². The maximum atomic E-state index is 13.3. The SMILES string of the molecule is CN(CC(=O)N1CCOCC1)C(=O)c1cccc(N2CCOC(C(O)C(=O)Nc3ccc4c(c3)CN=C4N)C2=O)c1. The number of rotatable bonds is 7. The first-order valence-corrected chi connectivity index (χ1v) is 13.3. The van der Waals surface area contributed by atoms with E-state index in [0.717, 1.165) is 11.1 Å². The van der Waals surface area contributed by atoms with E-state index >= 15 is 0 Å². The molecule has 13 nitrogen and oxygen atoms in total. The molecule has 3 aliphatic rings. The zero-order valence-corrected chi connectivity index (χ0v) is 22.6. The van der Waals surface area contributed by atoms with Crippen molar-refractivity contribution in [1.82, 2.24) is 9.80 Å². The Morgan fingerprint density at radius 1 is 1.15 bits per heavy atom. The molecular weight excluding hydrogens is 532 g/mol. The molecule has 2 atom stereocenters.